The molecule has 1 saturated heterocycles. The highest BCUT2D eigenvalue weighted by Crippen LogP contribution is 2.29. The van der Waals surface area contributed by atoms with Gasteiger partial charge in [0.1, 0.15) is 6.54 Å². The Kier molecular flexibility index (Phi) is 4.62. The number of rotatable bonds is 4. The lowest BCUT2D eigenvalue weighted by Gasteiger charge is -2.19. The molecule has 2 heterocycles. The normalized spacial score (nSPS) is 17.6. The Balaban J connectivity index is 1.52. The third kappa shape index (κ3) is 3.38. The topological polar surface area (TPSA) is 104 Å². The van der Waals surface area contributed by atoms with Gasteiger partial charge in [-0.15, -0.1) is 0 Å². The molecule has 1 fully saturated rings. The molecule has 1 N–H and O–H groups in total. The molecule has 0 spiro atoms. The first kappa shape index (κ1) is 19.1. The molecular formula is C20H19N3O5S. The van der Waals surface area contributed by atoms with E-state index in [4.69, 9.17) is 0 Å². The van der Waals surface area contributed by atoms with E-state index in [1.54, 1.807) is 49.4 Å². The molecule has 0 atom stereocenters. The SMILES string of the molecule is Cc1ccc(N2CCCS2(=O)=O)cc1NC(=O)CN1C(=O)c2ccccc2C1=O. The van der Waals surface area contributed by atoms with Crippen molar-refractivity contribution in [1.29, 1.82) is 0 Å². The van der Waals surface area contributed by atoms with Crippen molar-refractivity contribution in [3.05, 3.63) is 59.2 Å². The van der Waals surface area contributed by atoms with Gasteiger partial charge in [0.15, 0.2) is 0 Å². The zero-order valence-corrected chi connectivity index (χ0v) is 16.5. The van der Waals surface area contributed by atoms with Gasteiger partial charge in [0.2, 0.25) is 15.9 Å². The Bertz CT molecular complexity index is 1110. The molecule has 2 aromatic rings. The molecule has 150 valence electrons. The lowest BCUT2D eigenvalue weighted by molar-refractivity contribution is -0.116. The van der Waals surface area contributed by atoms with Crippen LogP contribution in [0.3, 0.4) is 0 Å². The highest BCUT2D eigenvalue weighted by Gasteiger charge is 2.36. The standard InChI is InChI=1S/C20H19N3O5S/c1-13-7-8-14(23-9-4-10-29(23,27)28)11-17(13)21-18(24)12-22-19(25)15-5-2-3-6-16(15)20(22)26/h2-3,5-8,11H,4,9-10,12H2,1H3,(H,21,24). The summed E-state index contributed by atoms with van der Waals surface area (Å²) in [6.45, 7) is 1.76. The fourth-order valence-corrected chi connectivity index (χ4v) is 5.10. The predicted octanol–water partition coefficient (Wildman–Crippen LogP) is 1.77. The van der Waals surface area contributed by atoms with Crippen LogP contribution in [0.1, 0.15) is 32.7 Å². The third-order valence-corrected chi connectivity index (χ3v) is 6.93. The molecule has 0 radical (unpaired) electrons. The van der Waals surface area contributed by atoms with E-state index >= 15 is 0 Å². The predicted molar refractivity (Wildman–Crippen MR) is 107 cm³/mol. The summed E-state index contributed by atoms with van der Waals surface area (Å²) in [6, 6.07) is 11.4. The van der Waals surface area contributed by atoms with Crippen molar-refractivity contribution < 1.29 is 22.8 Å². The molecule has 0 saturated carbocycles. The minimum absolute atomic E-state index is 0.0995. The number of imide groups is 1. The molecule has 0 bridgehead atoms. The van der Waals surface area contributed by atoms with E-state index in [2.05, 4.69) is 5.32 Å². The van der Waals surface area contributed by atoms with Crippen molar-refractivity contribution in [3.63, 3.8) is 0 Å². The van der Waals surface area contributed by atoms with Crippen LogP contribution in [0.25, 0.3) is 0 Å². The van der Waals surface area contributed by atoms with E-state index in [0.29, 0.717) is 24.3 Å². The molecule has 0 unspecified atom stereocenters. The highest BCUT2D eigenvalue weighted by atomic mass is 32.2. The van der Waals surface area contributed by atoms with Crippen molar-refractivity contribution in [2.75, 3.05) is 28.5 Å². The maximum Gasteiger partial charge on any atom is 0.262 e. The Hall–Kier alpha value is -3.20. The third-order valence-electron chi connectivity index (χ3n) is 5.06. The number of hydrogen-bond acceptors (Lipinski definition) is 5. The van der Waals surface area contributed by atoms with Crippen LogP contribution >= 0.6 is 0 Å². The maximum atomic E-state index is 12.5. The molecule has 29 heavy (non-hydrogen) atoms. The second-order valence-corrected chi connectivity index (χ2v) is 9.04. The van der Waals surface area contributed by atoms with Crippen molar-refractivity contribution in [3.8, 4) is 0 Å². The van der Waals surface area contributed by atoms with Gasteiger partial charge in [-0.25, -0.2) is 8.42 Å². The molecule has 2 aliphatic rings. The first-order valence-electron chi connectivity index (χ1n) is 9.14. The van der Waals surface area contributed by atoms with E-state index in [0.717, 1.165) is 10.5 Å². The lowest BCUT2D eigenvalue weighted by Crippen LogP contribution is -2.37. The number of benzene rings is 2. The van der Waals surface area contributed by atoms with Crippen LogP contribution in [0.5, 0.6) is 0 Å². The van der Waals surface area contributed by atoms with Crippen LogP contribution in [-0.4, -0.2) is 49.9 Å². The zero-order valence-electron chi connectivity index (χ0n) is 15.7. The second-order valence-electron chi connectivity index (χ2n) is 7.03. The summed E-state index contributed by atoms with van der Waals surface area (Å²) in [5.74, 6) is -1.45. The molecule has 3 amide bonds. The fraction of sp³-hybridized carbons (Fsp3) is 0.250. The van der Waals surface area contributed by atoms with Crippen LogP contribution < -0.4 is 9.62 Å². The summed E-state index contributed by atoms with van der Waals surface area (Å²) in [5.41, 5.74) is 2.21. The van der Waals surface area contributed by atoms with Gasteiger partial charge in [-0.1, -0.05) is 18.2 Å². The highest BCUT2D eigenvalue weighted by molar-refractivity contribution is 7.93. The number of hydrogen-bond donors (Lipinski definition) is 1. The van der Waals surface area contributed by atoms with Gasteiger partial charge < -0.3 is 5.32 Å². The van der Waals surface area contributed by atoms with E-state index < -0.39 is 34.3 Å². The molecule has 8 nitrogen and oxygen atoms in total. The molecule has 4 rings (SSSR count). The average molecular weight is 413 g/mol. The number of nitrogens with one attached hydrogen (secondary N) is 1. The van der Waals surface area contributed by atoms with Crippen LogP contribution in [0.2, 0.25) is 0 Å². The number of amides is 3. The summed E-state index contributed by atoms with van der Waals surface area (Å²) >= 11 is 0. The summed E-state index contributed by atoms with van der Waals surface area (Å²) in [6.07, 6.45) is 0.553. The maximum absolute atomic E-state index is 12.5. The van der Waals surface area contributed by atoms with Gasteiger partial charge in [-0.2, -0.15) is 0 Å². The second kappa shape index (κ2) is 7.00. The monoisotopic (exact) mass is 413 g/mol. The van der Waals surface area contributed by atoms with Gasteiger partial charge in [-0.05, 0) is 43.2 Å². The van der Waals surface area contributed by atoms with Gasteiger partial charge in [0, 0.05) is 12.2 Å². The van der Waals surface area contributed by atoms with Crippen LogP contribution in [0.15, 0.2) is 42.5 Å². The summed E-state index contributed by atoms with van der Waals surface area (Å²) in [7, 11) is -3.34. The molecule has 0 aliphatic carbocycles. The molecule has 0 aromatic heterocycles. The van der Waals surface area contributed by atoms with Crippen LogP contribution in [-0.2, 0) is 14.8 Å². The van der Waals surface area contributed by atoms with Crippen LogP contribution in [0.4, 0.5) is 11.4 Å². The minimum Gasteiger partial charge on any atom is -0.324 e. The molecule has 2 aliphatic heterocycles. The van der Waals surface area contributed by atoms with E-state index in [9.17, 15) is 22.8 Å². The van der Waals surface area contributed by atoms with Gasteiger partial charge in [0.25, 0.3) is 11.8 Å². The number of carbonyl (C=O) groups excluding carboxylic acids is 3. The zero-order chi connectivity index (χ0) is 20.8. The number of carbonyl (C=O) groups is 3. The summed E-state index contributed by atoms with van der Waals surface area (Å²) < 4.78 is 25.6. The summed E-state index contributed by atoms with van der Waals surface area (Å²) in [5, 5.41) is 2.69. The average Bonchev–Trinajstić information content (AvgIpc) is 3.16. The van der Waals surface area contributed by atoms with Crippen molar-refractivity contribution in [2.24, 2.45) is 0 Å². The minimum atomic E-state index is -3.34. The van der Waals surface area contributed by atoms with E-state index in [1.165, 1.54) is 4.31 Å². The first-order chi connectivity index (χ1) is 13.8. The summed E-state index contributed by atoms with van der Waals surface area (Å²) in [4.78, 5) is 38.3. The smallest absolute Gasteiger partial charge is 0.262 e. The van der Waals surface area contributed by atoms with Crippen molar-refractivity contribution >= 4 is 39.1 Å². The fourth-order valence-electron chi connectivity index (χ4n) is 3.55. The molecule has 2 aromatic carbocycles. The lowest BCUT2D eigenvalue weighted by atomic mass is 10.1. The van der Waals surface area contributed by atoms with Crippen LogP contribution in [0, 0.1) is 6.92 Å². The Morgan fingerprint density at radius 1 is 1.07 bits per heavy atom. The Morgan fingerprint density at radius 2 is 1.72 bits per heavy atom. The van der Waals surface area contributed by atoms with Gasteiger partial charge >= 0.3 is 0 Å². The molecular weight excluding hydrogens is 394 g/mol. The quantitative estimate of drug-likeness (QED) is 0.770. The van der Waals surface area contributed by atoms with Crippen molar-refractivity contribution in [2.45, 2.75) is 13.3 Å². The number of fused-ring (bicyclic) bond motifs is 1. The number of aryl methyl sites for hydroxylation is 1. The van der Waals surface area contributed by atoms with E-state index in [1.807, 2.05) is 0 Å². The molecule has 9 heteroatoms. The Labute approximate surface area is 168 Å². The number of nitrogens with zero attached hydrogens (tertiary/aromatic N) is 2. The van der Waals surface area contributed by atoms with Gasteiger partial charge in [-0.3, -0.25) is 23.6 Å². The largest absolute Gasteiger partial charge is 0.324 e. The van der Waals surface area contributed by atoms with E-state index in [-0.39, 0.29) is 16.9 Å². The Morgan fingerprint density at radius 3 is 2.31 bits per heavy atom. The number of sulfonamides is 1. The van der Waals surface area contributed by atoms with Crippen molar-refractivity contribution in [1.82, 2.24) is 4.90 Å². The van der Waals surface area contributed by atoms with Gasteiger partial charge in [0.05, 0.1) is 22.6 Å². The number of anilines is 2. The first-order valence-corrected chi connectivity index (χ1v) is 10.7.